The molecule has 8 nitrogen and oxygen atoms in total. The number of hydrogen-bond donors (Lipinski definition) is 2. The zero-order valence-electron chi connectivity index (χ0n) is 20.0. The number of ether oxygens (including phenoxy) is 2. The third kappa shape index (κ3) is 5.32. The van der Waals surface area contributed by atoms with E-state index in [0.29, 0.717) is 12.8 Å². The first kappa shape index (κ1) is 24.7. The molecule has 0 heterocycles. The smallest absolute Gasteiger partial charge is 0.407 e. The molecule has 1 saturated carbocycles. The van der Waals surface area contributed by atoms with E-state index >= 15 is 0 Å². The minimum Gasteiger partial charge on any atom is -0.480 e. The van der Waals surface area contributed by atoms with E-state index < -0.39 is 24.0 Å². The van der Waals surface area contributed by atoms with Crippen LogP contribution in [-0.2, 0) is 19.1 Å². The first-order valence-corrected chi connectivity index (χ1v) is 12.0. The van der Waals surface area contributed by atoms with Gasteiger partial charge in [-0.3, -0.25) is 9.59 Å². The van der Waals surface area contributed by atoms with Crippen LogP contribution in [0.2, 0.25) is 0 Å². The number of carboxylic acids is 1. The lowest BCUT2D eigenvalue weighted by atomic mass is 9.84. The van der Waals surface area contributed by atoms with Crippen LogP contribution < -0.4 is 5.32 Å². The number of aliphatic carboxylic acids is 1. The Labute approximate surface area is 205 Å². The molecule has 0 bridgehead atoms. The molecule has 0 unspecified atom stereocenters. The highest BCUT2D eigenvalue weighted by Gasteiger charge is 2.44. The van der Waals surface area contributed by atoms with Crippen molar-refractivity contribution in [2.24, 2.45) is 5.41 Å². The van der Waals surface area contributed by atoms with Gasteiger partial charge in [-0.25, -0.2) is 4.79 Å². The molecule has 2 aliphatic carbocycles. The van der Waals surface area contributed by atoms with Gasteiger partial charge in [-0.05, 0) is 35.1 Å². The van der Waals surface area contributed by atoms with Crippen LogP contribution in [0.1, 0.15) is 42.7 Å². The Morgan fingerprint density at radius 2 is 1.63 bits per heavy atom. The lowest BCUT2D eigenvalue weighted by molar-refractivity contribution is -0.150. The van der Waals surface area contributed by atoms with E-state index in [9.17, 15) is 19.5 Å². The van der Waals surface area contributed by atoms with Crippen LogP contribution in [0.25, 0.3) is 11.1 Å². The molecule has 2 aromatic carbocycles. The number of carbonyl (C=O) groups excluding carboxylic acids is 2. The van der Waals surface area contributed by atoms with Crippen LogP contribution in [0, 0.1) is 5.41 Å². The topological polar surface area (TPSA) is 105 Å². The Kier molecular flexibility index (Phi) is 7.70. The summed E-state index contributed by atoms with van der Waals surface area (Å²) in [6, 6.07) is 16.3. The molecule has 0 aromatic heterocycles. The van der Waals surface area contributed by atoms with Crippen molar-refractivity contribution >= 4 is 18.0 Å². The van der Waals surface area contributed by atoms with Gasteiger partial charge in [0.25, 0.3) is 0 Å². The molecule has 0 saturated heterocycles. The van der Waals surface area contributed by atoms with Gasteiger partial charge in [0.2, 0.25) is 5.91 Å². The molecule has 35 heavy (non-hydrogen) atoms. The number of carboxylic acid groups (broad SMARTS) is 1. The largest absolute Gasteiger partial charge is 0.480 e. The number of nitrogens with zero attached hydrogens (tertiary/aromatic N) is 1. The summed E-state index contributed by atoms with van der Waals surface area (Å²) in [5.74, 6) is -1.38. The Morgan fingerprint density at radius 3 is 2.20 bits per heavy atom. The Hall–Kier alpha value is -3.39. The molecular formula is C27H32N2O6. The number of hydrogen-bond acceptors (Lipinski definition) is 5. The summed E-state index contributed by atoms with van der Waals surface area (Å²) in [6.45, 7) is 0.351. The maximum atomic E-state index is 13.4. The van der Waals surface area contributed by atoms with Crippen molar-refractivity contribution < 1.29 is 29.0 Å². The van der Waals surface area contributed by atoms with Crippen molar-refractivity contribution in [1.29, 1.82) is 0 Å². The zero-order chi connectivity index (χ0) is 24.8. The van der Waals surface area contributed by atoms with E-state index in [1.807, 2.05) is 24.3 Å². The Bertz CT molecular complexity index is 1030. The average molecular weight is 481 g/mol. The van der Waals surface area contributed by atoms with Crippen molar-refractivity contribution in [2.45, 2.75) is 31.6 Å². The molecule has 2 amide bonds. The summed E-state index contributed by atoms with van der Waals surface area (Å²) in [5.41, 5.74) is 3.75. The van der Waals surface area contributed by atoms with Gasteiger partial charge < -0.3 is 24.8 Å². The second kappa shape index (κ2) is 10.9. The quantitative estimate of drug-likeness (QED) is 0.538. The maximum Gasteiger partial charge on any atom is 0.407 e. The van der Waals surface area contributed by atoms with Crippen LogP contribution in [-0.4, -0.2) is 67.9 Å². The van der Waals surface area contributed by atoms with Crippen LogP contribution >= 0.6 is 0 Å². The summed E-state index contributed by atoms with van der Waals surface area (Å²) in [7, 11) is 1.51. The third-order valence-corrected chi connectivity index (χ3v) is 7.11. The summed E-state index contributed by atoms with van der Waals surface area (Å²) < 4.78 is 10.7. The number of alkyl carbamates (subject to hydrolysis) is 1. The molecule has 1 fully saturated rings. The fourth-order valence-corrected chi connectivity index (χ4v) is 5.36. The van der Waals surface area contributed by atoms with E-state index in [-0.39, 0.29) is 38.1 Å². The second-order valence-corrected chi connectivity index (χ2v) is 9.28. The highest BCUT2D eigenvalue weighted by molar-refractivity contribution is 5.87. The summed E-state index contributed by atoms with van der Waals surface area (Å²) in [5, 5.41) is 12.1. The van der Waals surface area contributed by atoms with E-state index in [0.717, 1.165) is 35.1 Å². The molecule has 0 spiro atoms. The number of benzene rings is 2. The SMILES string of the molecule is COCCN(CC(=O)O)C(=O)C1(CNC(=O)OCC2c3ccccc3-c3ccccc32)CCCC1. The van der Waals surface area contributed by atoms with E-state index in [1.165, 1.54) is 12.0 Å². The standard InChI is InChI=1S/C27H32N2O6/c1-34-15-14-29(16-24(30)31)25(32)27(12-6-7-13-27)18-28-26(33)35-17-23-21-10-4-2-8-19(21)20-9-3-5-11-22(20)23/h2-5,8-11,23H,6-7,12-18H2,1H3,(H,28,33)(H,30,31). The minimum absolute atomic E-state index is 0.0460. The number of rotatable bonds is 10. The molecule has 0 radical (unpaired) electrons. The fourth-order valence-electron chi connectivity index (χ4n) is 5.36. The molecule has 0 aliphatic heterocycles. The molecule has 8 heteroatoms. The van der Waals surface area contributed by atoms with Crippen molar-refractivity contribution in [3.63, 3.8) is 0 Å². The molecule has 4 rings (SSSR count). The van der Waals surface area contributed by atoms with Crippen LogP contribution in [0.5, 0.6) is 0 Å². The van der Waals surface area contributed by atoms with E-state index in [2.05, 4.69) is 29.6 Å². The lowest BCUT2D eigenvalue weighted by Crippen LogP contribution is -2.51. The van der Waals surface area contributed by atoms with Gasteiger partial charge >= 0.3 is 12.1 Å². The Balaban J connectivity index is 1.40. The monoisotopic (exact) mass is 480 g/mol. The number of fused-ring (bicyclic) bond motifs is 3. The van der Waals surface area contributed by atoms with Gasteiger partial charge in [0.15, 0.2) is 0 Å². The minimum atomic E-state index is -1.08. The van der Waals surface area contributed by atoms with Crippen molar-refractivity contribution in [2.75, 3.05) is 40.0 Å². The van der Waals surface area contributed by atoms with Gasteiger partial charge in [-0.15, -0.1) is 0 Å². The number of carbonyl (C=O) groups is 3. The van der Waals surface area contributed by atoms with Gasteiger partial charge in [0, 0.05) is 26.1 Å². The van der Waals surface area contributed by atoms with Crippen LogP contribution in [0.15, 0.2) is 48.5 Å². The average Bonchev–Trinajstić information content (AvgIpc) is 3.47. The molecule has 0 atom stereocenters. The first-order chi connectivity index (χ1) is 16.9. The normalized spacial score (nSPS) is 15.8. The van der Waals surface area contributed by atoms with E-state index in [1.54, 1.807) is 0 Å². The highest BCUT2D eigenvalue weighted by atomic mass is 16.5. The van der Waals surface area contributed by atoms with Gasteiger partial charge in [-0.2, -0.15) is 0 Å². The number of methoxy groups -OCH3 is 1. The van der Waals surface area contributed by atoms with Gasteiger partial charge in [0.05, 0.1) is 12.0 Å². The molecule has 2 aromatic rings. The Morgan fingerprint density at radius 1 is 1.03 bits per heavy atom. The predicted octanol–water partition coefficient (Wildman–Crippen LogP) is 3.65. The first-order valence-electron chi connectivity index (χ1n) is 12.0. The lowest BCUT2D eigenvalue weighted by Gasteiger charge is -2.33. The van der Waals surface area contributed by atoms with Crippen LogP contribution in [0.3, 0.4) is 0 Å². The second-order valence-electron chi connectivity index (χ2n) is 9.28. The molecular weight excluding hydrogens is 448 g/mol. The maximum absolute atomic E-state index is 13.4. The molecule has 2 aliphatic rings. The van der Waals surface area contributed by atoms with Crippen molar-refractivity contribution in [3.05, 3.63) is 59.7 Å². The summed E-state index contributed by atoms with van der Waals surface area (Å²) >= 11 is 0. The van der Waals surface area contributed by atoms with Crippen LogP contribution in [0.4, 0.5) is 4.79 Å². The van der Waals surface area contributed by atoms with Gasteiger partial charge in [-0.1, -0.05) is 61.4 Å². The number of nitrogens with one attached hydrogen (secondary N) is 1. The van der Waals surface area contributed by atoms with E-state index in [4.69, 9.17) is 9.47 Å². The van der Waals surface area contributed by atoms with Crippen molar-refractivity contribution in [3.8, 4) is 11.1 Å². The predicted molar refractivity (Wildman–Crippen MR) is 130 cm³/mol. The number of amides is 2. The molecule has 186 valence electrons. The fraction of sp³-hybridized carbons (Fsp3) is 0.444. The summed E-state index contributed by atoms with van der Waals surface area (Å²) in [6.07, 6.45) is 2.32. The summed E-state index contributed by atoms with van der Waals surface area (Å²) in [4.78, 5) is 38.7. The molecule has 2 N–H and O–H groups in total. The van der Waals surface area contributed by atoms with Gasteiger partial charge in [0.1, 0.15) is 13.2 Å². The van der Waals surface area contributed by atoms with Crippen molar-refractivity contribution in [1.82, 2.24) is 10.2 Å². The zero-order valence-corrected chi connectivity index (χ0v) is 20.0. The highest BCUT2D eigenvalue weighted by Crippen LogP contribution is 2.44. The third-order valence-electron chi connectivity index (χ3n) is 7.11.